The number of halogens is 1. The number of amidine groups is 1. The van der Waals surface area contributed by atoms with Gasteiger partial charge in [0.1, 0.15) is 22.3 Å². The van der Waals surface area contributed by atoms with Crippen LogP contribution >= 0.6 is 11.3 Å². The van der Waals surface area contributed by atoms with Crippen molar-refractivity contribution in [3.8, 4) is 0 Å². The fraction of sp³-hybridized carbons (Fsp3) is 0.560. The van der Waals surface area contributed by atoms with Crippen LogP contribution in [0.25, 0.3) is 0 Å². The second-order valence-electron chi connectivity index (χ2n) is 9.53. The van der Waals surface area contributed by atoms with E-state index in [-0.39, 0.29) is 24.0 Å². The molecule has 1 fully saturated rings. The van der Waals surface area contributed by atoms with Crippen LogP contribution in [0.15, 0.2) is 52.3 Å². The molecule has 2 atom stereocenters. The number of nitrogens with one attached hydrogen (secondary N) is 1. The lowest BCUT2D eigenvalue weighted by Gasteiger charge is -2.37. The highest BCUT2D eigenvalue weighted by molar-refractivity contribution is 7.09. The van der Waals surface area contributed by atoms with Crippen molar-refractivity contribution in [1.29, 1.82) is 0 Å². The van der Waals surface area contributed by atoms with Crippen LogP contribution in [0.3, 0.4) is 0 Å². The number of amides is 1. The van der Waals surface area contributed by atoms with Gasteiger partial charge in [-0.15, -0.1) is 11.3 Å². The van der Waals surface area contributed by atoms with Crippen molar-refractivity contribution in [1.82, 2.24) is 20.1 Å². The molecule has 1 aliphatic carbocycles. The number of carbonyl (C=O) groups is 1. The van der Waals surface area contributed by atoms with Crippen LogP contribution in [0.4, 0.5) is 9.18 Å². The number of piperazine rings is 1. The average Bonchev–Trinajstić information content (AvgIpc) is 3.28. The number of carbonyl (C=O) groups excluding carboxylic acids is 1. The van der Waals surface area contributed by atoms with E-state index in [0.29, 0.717) is 26.1 Å². The molecule has 0 saturated carbocycles. The van der Waals surface area contributed by atoms with Crippen LogP contribution in [-0.2, 0) is 4.74 Å². The number of rotatable bonds is 6. The van der Waals surface area contributed by atoms with Crippen molar-refractivity contribution in [2.45, 2.75) is 57.7 Å². The Hall–Kier alpha value is -2.52. The smallest absolute Gasteiger partial charge is 0.410 e. The molecule has 0 aromatic carbocycles. The molecule has 0 bridgehead atoms. The molecule has 184 valence electrons. The van der Waals surface area contributed by atoms with Gasteiger partial charge < -0.3 is 15.0 Å². The monoisotopic (exact) mass is 487 g/mol. The summed E-state index contributed by atoms with van der Waals surface area (Å²) in [5, 5.41) is 6.60. The van der Waals surface area contributed by atoms with Crippen LogP contribution in [0.5, 0.6) is 0 Å². The fourth-order valence-corrected chi connectivity index (χ4v) is 4.84. The van der Waals surface area contributed by atoms with Gasteiger partial charge in [-0.3, -0.25) is 9.89 Å². The van der Waals surface area contributed by atoms with E-state index in [2.05, 4.69) is 15.2 Å². The van der Waals surface area contributed by atoms with E-state index in [0.717, 1.165) is 42.3 Å². The van der Waals surface area contributed by atoms with Gasteiger partial charge in [0.05, 0.1) is 18.6 Å². The van der Waals surface area contributed by atoms with Crippen LogP contribution in [0.1, 0.15) is 51.1 Å². The predicted octanol–water partition coefficient (Wildman–Crippen LogP) is 4.63. The maximum absolute atomic E-state index is 13.7. The van der Waals surface area contributed by atoms with Crippen molar-refractivity contribution >= 4 is 23.3 Å². The lowest BCUT2D eigenvalue weighted by atomic mass is 9.97. The van der Waals surface area contributed by atoms with E-state index >= 15 is 0 Å². The molecule has 9 heteroatoms. The summed E-state index contributed by atoms with van der Waals surface area (Å²) in [6.07, 6.45) is 10.7. The molecule has 3 heterocycles. The highest BCUT2D eigenvalue weighted by Gasteiger charge is 2.31. The molecule has 2 unspecified atom stereocenters. The third-order valence-electron chi connectivity index (χ3n) is 6.54. The van der Waals surface area contributed by atoms with E-state index < -0.39 is 5.60 Å². The van der Waals surface area contributed by atoms with Gasteiger partial charge in [-0.1, -0.05) is 25.2 Å². The third kappa shape index (κ3) is 6.33. The summed E-state index contributed by atoms with van der Waals surface area (Å²) in [4.78, 5) is 26.1. The SMILES string of the molecule is CCC(C)(C)OC(=O)N1CCN(CC2=NC(C3=CC=C(F)CC=C3)CC(c3nccs3)N2)CC1. The van der Waals surface area contributed by atoms with Gasteiger partial charge in [-0.05, 0) is 31.9 Å². The summed E-state index contributed by atoms with van der Waals surface area (Å²) in [5.41, 5.74) is 0.563. The largest absolute Gasteiger partial charge is 0.443 e. The lowest BCUT2D eigenvalue weighted by Crippen LogP contribution is -2.53. The number of aromatic nitrogens is 1. The van der Waals surface area contributed by atoms with Crippen LogP contribution in [-0.4, -0.2) is 71.1 Å². The van der Waals surface area contributed by atoms with Crippen molar-refractivity contribution < 1.29 is 13.9 Å². The highest BCUT2D eigenvalue weighted by atomic mass is 32.1. The number of ether oxygens (including phenoxy) is 1. The van der Waals surface area contributed by atoms with Crippen LogP contribution in [0, 0.1) is 0 Å². The maximum Gasteiger partial charge on any atom is 0.410 e. The lowest BCUT2D eigenvalue weighted by molar-refractivity contribution is 0.00353. The molecular formula is C25H34FN5O2S. The molecule has 1 aromatic rings. The van der Waals surface area contributed by atoms with Crippen molar-refractivity contribution in [3.63, 3.8) is 0 Å². The predicted molar refractivity (Wildman–Crippen MR) is 134 cm³/mol. The molecule has 0 spiro atoms. The summed E-state index contributed by atoms with van der Waals surface area (Å²) in [5.74, 6) is 0.766. The number of nitrogens with zero attached hydrogens (tertiary/aromatic N) is 4. The van der Waals surface area contributed by atoms with Gasteiger partial charge in [0.2, 0.25) is 0 Å². The first kappa shape index (κ1) is 24.6. The quantitative estimate of drug-likeness (QED) is 0.634. The topological polar surface area (TPSA) is 70.1 Å². The van der Waals surface area contributed by atoms with Crippen LogP contribution < -0.4 is 5.32 Å². The van der Waals surface area contributed by atoms with Crippen molar-refractivity contribution in [3.05, 3.63) is 52.3 Å². The Morgan fingerprint density at radius 1 is 1.29 bits per heavy atom. The van der Waals surface area contributed by atoms with E-state index in [1.807, 2.05) is 50.6 Å². The Morgan fingerprint density at radius 2 is 2.09 bits per heavy atom. The molecular weight excluding hydrogens is 453 g/mol. The number of aliphatic imine (C=N–C) groups is 1. The normalized spacial score (nSPS) is 24.0. The molecule has 7 nitrogen and oxygen atoms in total. The summed E-state index contributed by atoms with van der Waals surface area (Å²) in [6, 6.07) is 0.00696. The van der Waals surface area contributed by atoms with E-state index in [1.165, 1.54) is 0 Å². The zero-order valence-electron chi connectivity index (χ0n) is 20.2. The van der Waals surface area contributed by atoms with Gasteiger partial charge in [0.25, 0.3) is 0 Å². The summed E-state index contributed by atoms with van der Waals surface area (Å²) in [6.45, 7) is 9.33. The zero-order valence-corrected chi connectivity index (χ0v) is 21.0. The van der Waals surface area contributed by atoms with E-state index in [9.17, 15) is 9.18 Å². The number of hydrogen-bond donors (Lipinski definition) is 1. The molecule has 1 amide bonds. The Bertz CT molecular complexity index is 977. The van der Waals surface area contributed by atoms with Gasteiger partial charge in [-0.2, -0.15) is 0 Å². The molecule has 0 radical (unpaired) electrons. The van der Waals surface area contributed by atoms with Crippen molar-refractivity contribution in [2.24, 2.45) is 4.99 Å². The Morgan fingerprint density at radius 3 is 2.79 bits per heavy atom. The maximum atomic E-state index is 13.7. The van der Waals surface area contributed by atoms with Gasteiger partial charge in [0.15, 0.2) is 0 Å². The average molecular weight is 488 g/mol. The van der Waals surface area contributed by atoms with Gasteiger partial charge >= 0.3 is 6.09 Å². The minimum atomic E-state index is -0.450. The summed E-state index contributed by atoms with van der Waals surface area (Å²) < 4.78 is 19.4. The number of allylic oxidation sites excluding steroid dienone is 4. The van der Waals surface area contributed by atoms with Crippen molar-refractivity contribution in [2.75, 3.05) is 32.7 Å². The third-order valence-corrected chi connectivity index (χ3v) is 7.43. The molecule has 1 N–H and O–H groups in total. The molecule has 1 aromatic heterocycles. The minimum Gasteiger partial charge on any atom is -0.443 e. The summed E-state index contributed by atoms with van der Waals surface area (Å²) in [7, 11) is 0. The first-order valence-corrected chi connectivity index (χ1v) is 12.9. The highest BCUT2D eigenvalue weighted by Crippen LogP contribution is 2.30. The molecule has 1 saturated heterocycles. The van der Waals surface area contributed by atoms with E-state index in [4.69, 9.17) is 9.73 Å². The van der Waals surface area contributed by atoms with Gasteiger partial charge in [0, 0.05) is 50.6 Å². The Balaban J connectivity index is 1.42. The minimum absolute atomic E-state index is 0.0592. The van der Waals surface area contributed by atoms with E-state index in [1.54, 1.807) is 22.3 Å². The Labute approximate surface area is 205 Å². The summed E-state index contributed by atoms with van der Waals surface area (Å²) >= 11 is 1.63. The molecule has 4 rings (SSSR count). The second kappa shape index (κ2) is 10.8. The second-order valence-corrected chi connectivity index (χ2v) is 10.5. The van der Waals surface area contributed by atoms with Crippen LogP contribution in [0.2, 0.25) is 0 Å². The first-order chi connectivity index (χ1) is 16.3. The molecule has 34 heavy (non-hydrogen) atoms. The number of thiazole rings is 1. The first-order valence-electron chi connectivity index (χ1n) is 12.0. The molecule has 2 aliphatic heterocycles. The fourth-order valence-electron chi connectivity index (χ4n) is 4.14. The van der Waals surface area contributed by atoms with Gasteiger partial charge in [-0.25, -0.2) is 14.2 Å². The zero-order chi connectivity index (χ0) is 24.1. The molecule has 3 aliphatic rings. The number of hydrogen-bond acceptors (Lipinski definition) is 7. The Kier molecular flexibility index (Phi) is 7.83. The standard InChI is InChI=1S/C25H34FN5O2S/c1-4-25(2,3)33-24(32)31-13-11-30(12-14-31)17-22-28-20(18-6-5-7-19(26)9-8-18)16-21(29-22)23-27-10-15-34-23/h5-6,8-10,15,20-21H,4,7,11-14,16-17H2,1-3H3,(H,28,29).